The molecule has 2 saturated heterocycles. The number of hydrogen-bond acceptors (Lipinski definition) is 4. The van der Waals surface area contributed by atoms with Gasteiger partial charge < -0.3 is 14.2 Å². The maximum absolute atomic E-state index is 12.1. The topological polar surface area (TPSA) is 51.4 Å². The van der Waals surface area contributed by atoms with E-state index >= 15 is 0 Å². The summed E-state index contributed by atoms with van der Waals surface area (Å²) >= 11 is 0. The lowest BCUT2D eigenvalue weighted by Gasteiger charge is -2.59. The van der Waals surface area contributed by atoms with Gasteiger partial charge in [-0.15, -0.1) is 0 Å². The number of carbonyl (C=O) groups excluding carboxylic acids is 1. The van der Waals surface area contributed by atoms with E-state index in [0.717, 1.165) is 18.9 Å². The summed E-state index contributed by atoms with van der Waals surface area (Å²) in [6.07, 6.45) is 9.29. The van der Waals surface area contributed by atoms with E-state index in [9.17, 15) is 4.79 Å². The van der Waals surface area contributed by atoms with E-state index in [-0.39, 0.29) is 17.7 Å². The highest BCUT2D eigenvalue weighted by atomic mass is 16.6. The molecule has 2 aliphatic heterocycles. The average molecular weight is 348 g/mol. The fraction of sp³-hybridized carbons (Fsp3) is 0.857. The number of allylic oxidation sites excluding steroid dienone is 1. The molecule has 4 heteroatoms. The molecular weight excluding hydrogens is 316 g/mol. The highest BCUT2D eigenvalue weighted by Gasteiger charge is 2.64. The highest BCUT2D eigenvalue weighted by molar-refractivity contribution is 5.90. The Morgan fingerprint density at radius 2 is 1.96 bits per heavy atom. The van der Waals surface area contributed by atoms with Crippen molar-refractivity contribution in [1.29, 1.82) is 0 Å². The van der Waals surface area contributed by atoms with Crippen molar-refractivity contribution in [3.8, 4) is 0 Å². The van der Waals surface area contributed by atoms with Crippen molar-refractivity contribution in [2.75, 3.05) is 20.3 Å². The molecule has 4 fully saturated rings. The largest absolute Gasteiger partial charge is 0.466 e. The van der Waals surface area contributed by atoms with Gasteiger partial charge in [-0.1, -0.05) is 33.3 Å². The lowest BCUT2D eigenvalue weighted by molar-refractivity contribution is -0.136. The molecule has 0 aromatic heterocycles. The monoisotopic (exact) mass is 348 g/mol. The second kappa shape index (κ2) is 5.82. The van der Waals surface area contributed by atoms with E-state index in [2.05, 4.69) is 26.8 Å². The molecule has 0 radical (unpaired) electrons. The Bertz CT molecular complexity index is 585. The van der Waals surface area contributed by atoms with Gasteiger partial charge in [-0.25, -0.2) is 4.79 Å². The molecule has 0 aromatic rings. The summed E-state index contributed by atoms with van der Waals surface area (Å²) in [4.78, 5) is 12.1. The van der Waals surface area contributed by atoms with Crippen LogP contribution >= 0.6 is 0 Å². The van der Waals surface area contributed by atoms with E-state index in [1.165, 1.54) is 39.2 Å². The number of rotatable bonds is 4. The minimum atomic E-state index is -0.241. The minimum absolute atomic E-state index is 0.0564. The maximum atomic E-state index is 12.1. The standard InChI is InChI=1S/C21H32O4/c1-19(2)9-5-10-20(3)16(19)8-11-21(13-25-21)17(20)7-6-14(15-12-24-15)18(22)23-4/h6,15-17H,5,7-13H2,1-4H3/b14-6+/t15?,16-,17+,20-,21+/m0/s1. The fourth-order valence-corrected chi connectivity index (χ4v) is 6.33. The average Bonchev–Trinajstić information content (AvgIpc) is 3.45. The van der Waals surface area contributed by atoms with Crippen LogP contribution in [0.4, 0.5) is 0 Å². The molecule has 4 nitrogen and oxygen atoms in total. The molecule has 0 aromatic carbocycles. The summed E-state index contributed by atoms with van der Waals surface area (Å²) in [5.74, 6) is 0.979. The summed E-state index contributed by atoms with van der Waals surface area (Å²) in [5, 5.41) is 0. The van der Waals surface area contributed by atoms with Gasteiger partial charge in [0.2, 0.25) is 0 Å². The van der Waals surface area contributed by atoms with E-state index in [0.29, 0.717) is 28.9 Å². The van der Waals surface area contributed by atoms with Crippen molar-refractivity contribution in [2.45, 2.75) is 71.0 Å². The van der Waals surface area contributed by atoms with E-state index < -0.39 is 0 Å². The van der Waals surface area contributed by atoms with Gasteiger partial charge in [-0.2, -0.15) is 0 Å². The third kappa shape index (κ3) is 2.86. The Morgan fingerprint density at radius 3 is 2.56 bits per heavy atom. The first kappa shape index (κ1) is 17.5. The van der Waals surface area contributed by atoms with Crippen LogP contribution in [0, 0.1) is 22.7 Å². The molecule has 1 spiro atoms. The van der Waals surface area contributed by atoms with Crippen molar-refractivity contribution in [1.82, 2.24) is 0 Å². The number of methoxy groups -OCH3 is 1. The van der Waals surface area contributed by atoms with Crippen LogP contribution in [0.1, 0.15) is 59.3 Å². The van der Waals surface area contributed by atoms with Crippen LogP contribution in [0.25, 0.3) is 0 Å². The van der Waals surface area contributed by atoms with Gasteiger partial charge in [-0.05, 0) is 54.8 Å². The van der Waals surface area contributed by atoms with Crippen LogP contribution < -0.4 is 0 Å². The predicted molar refractivity (Wildman–Crippen MR) is 95.1 cm³/mol. The fourth-order valence-electron chi connectivity index (χ4n) is 6.33. The van der Waals surface area contributed by atoms with Crippen molar-refractivity contribution < 1.29 is 19.0 Å². The van der Waals surface area contributed by atoms with Crippen molar-refractivity contribution in [3.63, 3.8) is 0 Å². The number of fused-ring (bicyclic) bond motifs is 1. The highest BCUT2D eigenvalue weighted by Crippen LogP contribution is 2.66. The predicted octanol–water partition coefficient (Wildman–Crippen LogP) is 3.89. The summed E-state index contributed by atoms with van der Waals surface area (Å²) in [7, 11) is 1.45. The second-order valence-corrected chi connectivity index (χ2v) is 9.55. The Hall–Kier alpha value is -0.870. The Morgan fingerprint density at radius 1 is 1.24 bits per heavy atom. The van der Waals surface area contributed by atoms with Gasteiger partial charge >= 0.3 is 5.97 Å². The van der Waals surface area contributed by atoms with Crippen molar-refractivity contribution in [2.24, 2.45) is 22.7 Å². The molecule has 0 N–H and O–H groups in total. The molecule has 5 atom stereocenters. The van der Waals surface area contributed by atoms with Gasteiger partial charge in [0.1, 0.15) is 6.10 Å². The normalized spacial score (nSPS) is 45.0. The smallest absolute Gasteiger partial charge is 0.336 e. The summed E-state index contributed by atoms with van der Waals surface area (Å²) in [6, 6.07) is 0. The first-order valence-corrected chi connectivity index (χ1v) is 9.86. The Balaban J connectivity index is 1.62. The molecule has 140 valence electrons. The summed E-state index contributed by atoms with van der Waals surface area (Å²) in [6.45, 7) is 8.92. The zero-order chi connectivity index (χ0) is 17.9. The van der Waals surface area contributed by atoms with E-state index in [1.54, 1.807) is 0 Å². The Kier molecular flexibility index (Phi) is 4.08. The number of hydrogen-bond donors (Lipinski definition) is 0. The molecule has 2 aliphatic carbocycles. The molecule has 1 unspecified atom stereocenters. The molecular formula is C21H32O4. The lowest BCUT2D eigenvalue weighted by atomic mass is 9.46. The van der Waals surface area contributed by atoms with E-state index in [4.69, 9.17) is 14.2 Å². The van der Waals surface area contributed by atoms with Gasteiger partial charge in [0.05, 0.1) is 31.5 Å². The lowest BCUT2D eigenvalue weighted by Crippen LogP contribution is -2.54. The third-order valence-corrected chi connectivity index (χ3v) is 7.75. The summed E-state index contributed by atoms with van der Waals surface area (Å²) < 4.78 is 16.4. The first-order valence-electron chi connectivity index (χ1n) is 9.86. The summed E-state index contributed by atoms with van der Waals surface area (Å²) in [5.41, 5.74) is 1.45. The Labute approximate surface area is 151 Å². The molecule has 4 rings (SSSR count). The van der Waals surface area contributed by atoms with E-state index in [1.807, 2.05) is 0 Å². The van der Waals surface area contributed by atoms with Crippen LogP contribution in [0.15, 0.2) is 11.6 Å². The SMILES string of the molecule is COC(=O)/C(=C/C[C@H]1[C@@]2(CC[C@H]3C(C)(C)CCC[C@@]31C)CO2)C1CO1. The molecule has 4 aliphatic rings. The zero-order valence-electron chi connectivity index (χ0n) is 16.1. The number of carbonyl (C=O) groups is 1. The zero-order valence-corrected chi connectivity index (χ0v) is 16.1. The number of epoxide rings is 2. The molecule has 0 amide bonds. The second-order valence-electron chi connectivity index (χ2n) is 9.55. The van der Waals surface area contributed by atoms with Crippen LogP contribution in [-0.2, 0) is 19.0 Å². The number of esters is 1. The van der Waals surface area contributed by atoms with Gasteiger partial charge in [0.25, 0.3) is 0 Å². The van der Waals surface area contributed by atoms with Gasteiger partial charge in [0.15, 0.2) is 0 Å². The van der Waals surface area contributed by atoms with Crippen LogP contribution in [0.3, 0.4) is 0 Å². The quantitative estimate of drug-likeness (QED) is 0.439. The van der Waals surface area contributed by atoms with Crippen molar-refractivity contribution >= 4 is 5.97 Å². The minimum Gasteiger partial charge on any atom is -0.466 e. The number of ether oxygens (including phenoxy) is 3. The van der Waals surface area contributed by atoms with Gasteiger partial charge in [0, 0.05) is 0 Å². The molecule has 2 heterocycles. The first-order chi connectivity index (χ1) is 11.8. The maximum Gasteiger partial charge on any atom is 0.336 e. The molecule has 0 bridgehead atoms. The van der Waals surface area contributed by atoms with Gasteiger partial charge in [-0.3, -0.25) is 0 Å². The third-order valence-electron chi connectivity index (χ3n) is 7.75. The van der Waals surface area contributed by atoms with Crippen LogP contribution in [-0.4, -0.2) is 38.0 Å². The molecule has 2 saturated carbocycles. The van der Waals surface area contributed by atoms with Crippen molar-refractivity contribution in [3.05, 3.63) is 11.6 Å². The van der Waals surface area contributed by atoms with Crippen LogP contribution in [0.5, 0.6) is 0 Å². The van der Waals surface area contributed by atoms with Crippen LogP contribution in [0.2, 0.25) is 0 Å². The molecule has 25 heavy (non-hydrogen) atoms.